The van der Waals surface area contributed by atoms with Gasteiger partial charge in [-0.1, -0.05) is 12.1 Å². The Morgan fingerprint density at radius 1 is 1.24 bits per heavy atom. The van der Waals surface area contributed by atoms with Crippen molar-refractivity contribution in [1.29, 1.82) is 0 Å². The number of hydrogen-bond acceptors (Lipinski definition) is 4. The molecule has 1 aliphatic heterocycles. The zero-order valence-corrected chi connectivity index (χ0v) is 15.2. The van der Waals surface area contributed by atoms with E-state index < -0.39 is 23.8 Å². The first-order valence-corrected chi connectivity index (χ1v) is 9.11. The second-order valence-electron chi connectivity index (χ2n) is 7.16. The Morgan fingerprint density at radius 2 is 2.00 bits per heavy atom. The molecule has 0 radical (unpaired) electrons. The van der Waals surface area contributed by atoms with Gasteiger partial charge in [0.2, 0.25) is 0 Å². The van der Waals surface area contributed by atoms with Gasteiger partial charge in [0, 0.05) is 23.1 Å². The average Bonchev–Trinajstić information content (AvgIpc) is 3.24. The van der Waals surface area contributed by atoms with Crippen LogP contribution in [0.2, 0.25) is 0 Å². The Kier molecular flexibility index (Phi) is 4.72. The van der Waals surface area contributed by atoms with E-state index in [4.69, 9.17) is 14.6 Å². The van der Waals surface area contributed by atoms with Crippen LogP contribution in [0.4, 0.5) is 13.2 Å². The summed E-state index contributed by atoms with van der Waals surface area (Å²) in [5, 5.41) is 8.97. The minimum atomic E-state index is -4.59. The molecule has 0 saturated carbocycles. The number of ether oxygens (including phenoxy) is 2. The smallest absolute Gasteiger partial charge is 0.417 e. The van der Waals surface area contributed by atoms with E-state index in [2.05, 4.69) is 0 Å². The van der Waals surface area contributed by atoms with E-state index in [0.29, 0.717) is 35.5 Å². The van der Waals surface area contributed by atoms with Crippen molar-refractivity contribution < 1.29 is 37.3 Å². The summed E-state index contributed by atoms with van der Waals surface area (Å²) in [5.74, 6) is -0.101. The monoisotopic (exact) mass is 406 g/mol. The summed E-state index contributed by atoms with van der Waals surface area (Å²) in [6.07, 6.45) is -4.06. The molecule has 2 aromatic rings. The maximum absolute atomic E-state index is 13.1. The van der Waals surface area contributed by atoms with E-state index in [9.17, 15) is 22.8 Å². The Morgan fingerprint density at radius 3 is 2.69 bits per heavy atom. The van der Waals surface area contributed by atoms with Crippen LogP contribution in [-0.4, -0.2) is 24.0 Å². The minimum Gasteiger partial charge on any atom is -0.492 e. The van der Waals surface area contributed by atoms with Crippen LogP contribution in [0.3, 0.4) is 0 Å². The highest BCUT2D eigenvalue weighted by atomic mass is 19.4. The van der Waals surface area contributed by atoms with Crippen molar-refractivity contribution in [1.82, 2.24) is 0 Å². The fourth-order valence-electron chi connectivity index (χ4n) is 4.07. The average molecular weight is 406 g/mol. The molecule has 29 heavy (non-hydrogen) atoms. The first-order chi connectivity index (χ1) is 13.8. The molecular weight excluding hydrogens is 389 g/mol. The maximum atomic E-state index is 13.1. The maximum Gasteiger partial charge on any atom is 0.417 e. The zero-order chi connectivity index (χ0) is 20.8. The molecular formula is C21H17F3O5. The van der Waals surface area contributed by atoms with Gasteiger partial charge in [-0.3, -0.25) is 9.59 Å². The fraction of sp³-hybridized carbons (Fsp3) is 0.333. The van der Waals surface area contributed by atoms with Crippen LogP contribution in [0.25, 0.3) is 0 Å². The lowest BCUT2D eigenvalue weighted by molar-refractivity contribution is -0.138. The number of carbonyl (C=O) groups excluding carboxylic acids is 1. The number of carboxylic acid groups (broad SMARTS) is 1. The number of carbonyl (C=O) groups is 2. The third-order valence-corrected chi connectivity index (χ3v) is 5.38. The van der Waals surface area contributed by atoms with Gasteiger partial charge in [-0.25, -0.2) is 0 Å². The summed E-state index contributed by atoms with van der Waals surface area (Å²) in [6, 6.07) is 7.41. The lowest BCUT2D eigenvalue weighted by Crippen LogP contribution is -2.12. The van der Waals surface area contributed by atoms with Gasteiger partial charge in [-0.05, 0) is 36.1 Å². The minimum absolute atomic E-state index is 0.0286. The predicted molar refractivity (Wildman–Crippen MR) is 95.5 cm³/mol. The third-order valence-electron chi connectivity index (χ3n) is 5.38. The van der Waals surface area contributed by atoms with Crippen molar-refractivity contribution in [3.05, 3.63) is 58.1 Å². The molecule has 2 aromatic carbocycles. The van der Waals surface area contributed by atoms with Crippen molar-refractivity contribution in [2.45, 2.75) is 37.5 Å². The number of rotatable bonds is 5. The number of carboxylic acids is 1. The summed E-state index contributed by atoms with van der Waals surface area (Å²) >= 11 is 0. The van der Waals surface area contributed by atoms with Crippen LogP contribution in [0.15, 0.2) is 30.3 Å². The van der Waals surface area contributed by atoms with Gasteiger partial charge in [-0.2, -0.15) is 13.2 Å². The first kappa shape index (κ1) is 19.3. The molecule has 0 amide bonds. The van der Waals surface area contributed by atoms with Crippen molar-refractivity contribution >= 4 is 12.3 Å². The molecule has 0 aromatic heterocycles. The van der Waals surface area contributed by atoms with Crippen molar-refractivity contribution in [3.8, 4) is 11.5 Å². The van der Waals surface area contributed by atoms with E-state index >= 15 is 0 Å². The zero-order valence-electron chi connectivity index (χ0n) is 15.2. The van der Waals surface area contributed by atoms with E-state index in [0.717, 1.165) is 11.6 Å². The van der Waals surface area contributed by atoms with Crippen molar-refractivity contribution in [2.75, 3.05) is 6.61 Å². The second kappa shape index (κ2) is 7.09. The van der Waals surface area contributed by atoms with Crippen molar-refractivity contribution in [3.63, 3.8) is 0 Å². The summed E-state index contributed by atoms with van der Waals surface area (Å²) in [7, 11) is 0. The van der Waals surface area contributed by atoms with Gasteiger partial charge in [0.1, 0.15) is 17.6 Å². The molecule has 5 nitrogen and oxygen atoms in total. The normalized spacial score (nSPS) is 20.0. The highest BCUT2D eigenvalue weighted by Gasteiger charge is 2.37. The number of halogens is 3. The molecule has 2 atom stereocenters. The van der Waals surface area contributed by atoms with Gasteiger partial charge in [0.15, 0.2) is 6.29 Å². The molecule has 0 bridgehead atoms. The predicted octanol–water partition coefficient (Wildman–Crippen LogP) is 4.53. The number of hydrogen-bond donors (Lipinski definition) is 1. The number of aliphatic carboxylic acids is 1. The molecule has 1 N–H and O–H groups in total. The molecule has 2 aliphatic rings. The number of benzene rings is 2. The van der Waals surface area contributed by atoms with Crippen LogP contribution in [0, 0.1) is 0 Å². The lowest BCUT2D eigenvalue weighted by Gasteiger charge is -2.17. The third kappa shape index (κ3) is 3.54. The van der Waals surface area contributed by atoms with Crippen LogP contribution in [0.1, 0.15) is 57.5 Å². The number of alkyl halides is 3. The number of fused-ring (bicyclic) bond motifs is 2. The van der Waals surface area contributed by atoms with Crippen LogP contribution >= 0.6 is 0 Å². The largest absolute Gasteiger partial charge is 0.492 e. The highest BCUT2D eigenvalue weighted by Crippen LogP contribution is 2.43. The summed E-state index contributed by atoms with van der Waals surface area (Å²) in [5.41, 5.74) is 0.492. The van der Waals surface area contributed by atoms with Crippen LogP contribution in [0.5, 0.6) is 11.5 Å². The topological polar surface area (TPSA) is 72.8 Å². The van der Waals surface area contributed by atoms with Crippen LogP contribution < -0.4 is 9.47 Å². The van der Waals surface area contributed by atoms with E-state index in [1.54, 1.807) is 18.2 Å². The van der Waals surface area contributed by atoms with Gasteiger partial charge < -0.3 is 14.6 Å². The molecule has 0 spiro atoms. The fourth-order valence-corrected chi connectivity index (χ4v) is 4.07. The Labute approximate surface area is 164 Å². The molecule has 8 heteroatoms. The quantitative estimate of drug-likeness (QED) is 0.739. The molecule has 0 saturated heterocycles. The molecule has 4 rings (SSSR count). The van der Waals surface area contributed by atoms with Crippen LogP contribution in [-0.2, 0) is 17.4 Å². The van der Waals surface area contributed by atoms with Crippen molar-refractivity contribution in [2.24, 2.45) is 0 Å². The van der Waals surface area contributed by atoms with E-state index in [-0.39, 0.29) is 30.8 Å². The standard InChI is InChI=1S/C21H17F3O5/c22-21(23,24)17-5-3-15-14(16(17)9-25)4-6-18(15)29-12-1-2-13-11(7-20(26)27)10-28-19(13)8-12/h1-3,5,8-9,11,18H,4,6-7,10H2,(H,26,27)/t11-,18-/m1/s1. The Hall–Kier alpha value is -3.03. The van der Waals surface area contributed by atoms with E-state index in [1.807, 2.05) is 0 Å². The molecule has 152 valence electrons. The molecule has 1 heterocycles. The highest BCUT2D eigenvalue weighted by molar-refractivity contribution is 5.81. The summed E-state index contributed by atoms with van der Waals surface area (Å²) in [6.45, 7) is 0.278. The lowest BCUT2D eigenvalue weighted by atomic mass is 9.97. The number of aldehydes is 1. The van der Waals surface area contributed by atoms with Gasteiger partial charge in [-0.15, -0.1) is 0 Å². The van der Waals surface area contributed by atoms with Gasteiger partial charge >= 0.3 is 12.1 Å². The summed E-state index contributed by atoms with van der Waals surface area (Å²) in [4.78, 5) is 22.3. The second-order valence-corrected chi connectivity index (χ2v) is 7.16. The summed E-state index contributed by atoms with van der Waals surface area (Å²) < 4.78 is 51.0. The van der Waals surface area contributed by atoms with E-state index in [1.165, 1.54) is 6.07 Å². The molecule has 0 fully saturated rings. The Bertz CT molecular complexity index is 983. The SMILES string of the molecule is O=Cc1c(C(F)(F)F)ccc2c1CC[C@H]2Oc1ccc2c(c1)OC[C@H]2CC(=O)O. The molecule has 1 aliphatic carbocycles. The Balaban J connectivity index is 1.58. The van der Waals surface area contributed by atoms with Gasteiger partial charge in [0.25, 0.3) is 0 Å². The molecule has 0 unspecified atom stereocenters. The van der Waals surface area contributed by atoms with Gasteiger partial charge in [0.05, 0.1) is 18.6 Å². The first-order valence-electron chi connectivity index (χ1n) is 9.11.